The third-order valence-corrected chi connectivity index (χ3v) is 20.3. The van der Waals surface area contributed by atoms with Crippen molar-refractivity contribution in [2.45, 2.75) is 254 Å². The highest BCUT2D eigenvalue weighted by molar-refractivity contribution is 6.02. The van der Waals surface area contributed by atoms with E-state index in [4.69, 9.17) is 45.9 Å². The van der Waals surface area contributed by atoms with E-state index in [1.807, 2.05) is 0 Å². The molecule has 2 fully saturated rings. The molecule has 694 valence electrons. The number of likely N-dealkylation sites (tertiary alicyclic amines) is 2. The number of carboxylic acid groups (broad SMARTS) is 2. The van der Waals surface area contributed by atoms with Gasteiger partial charge >= 0.3 is 11.9 Å². The normalized spacial score (nSPS) is 16.9. The summed E-state index contributed by atoms with van der Waals surface area (Å²) in [6.07, 6.45) is -2.00. The molecule has 123 heavy (non-hydrogen) atoms. The van der Waals surface area contributed by atoms with E-state index in [-0.39, 0.29) is 135 Å². The van der Waals surface area contributed by atoms with Crippen molar-refractivity contribution in [2.75, 3.05) is 72.1 Å². The van der Waals surface area contributed by atoms with Crippen molar-refractivity contribution in [1.82, 2.24) is 84.2 Å². The van der Waals surface area contributed by atoms with Crippen LogP contribution in [0.4, 0.5) is 0 Å². The van der Waals surface area contributed by atoms with Crippen molar-refractivity contribution in [3.8, 4) is 0 Å². The van der Waals surface area contributed by atoms with E-state index in [9.17, 15) is 116 Å². The van der Waals surface area contributed by atoms with Crippen LogP contribution in [-0.4, -0.2) is 311 Å². The number of rotatable bonds is 60. The molecular formula is C74H129N25O24. The van der Waals surface area contributed by atoms with Gasteiger partial charge in [0.2, 0.25) is 106 Å². The predicted molar refractivity (Wildman–Crippen MR) is 437 cm³/mol. The summed E-state index contributed by atoms with van der Waals surface area (Å²) in [6, 6.07) is -20.0. The first-order valence-electron chi connectivity index (χ1n) is 41.0. The lowest BCUT2D eigenvalue weighted by Crippen LogP contribution is -2.61. The number of guanidine groups is 1. The molecular weight excluding hydrogens is 1620 g/mol. The Balaban J connectivity index is 2.24. The van der Waals surface area contributed by atoms with Crippen LogP contribution in [0.5, 0.6) is 0 Å². The average Bonchev–Trinajstić information content (AvgIpc) is 1.75. The second-order valence-electron chi connectivity index (χ2n) is 30.0. The van der Waals surface area contributed by atoms with E-state index in [0.29, 0.717) is 25.7 Å². The molecule has 0 aromatic carbocycles. The summed E-state index contributed by atoms with van der Waals surface area (Å²) in [4.78, 5) is 274. The van der Waals surface area contributed by atoms with Crippen molar-refractivity contribution in [1.29, 1.82) is 0 Å². The van der Waals surface area contributed by atoms with Gasteiger partial charge in [0.15, 0.2) is 5.96 Å². The molecule has 0 saturated carbocycles. The van der Waals surface area contributed by atoms with Gasteiger partial charge in [-0.3, -0.25) is 96.1 Å². The fraction of sp³-hybridized carbons (Fsp3) is 0.716. The number of hydrogen-bond acceptors (Lipinski definition) is 27. The number of aliphatic hydroxyl groups excluding tert-OH is 2. The van der Waals surface area contributed by atoms with Gasteiger partial charge in [-0.1, -0.05) is 40.5 Å². The highest BCUT2D eigenvalue weighted by Gasteiger charge is 2.43. The molecule has 0 aromatic heterocycles. The molecule has 49 nitrogen and oxygen atoms in total. The molecule has 2 aliphatic rings. The van der Waals surface area contributed by atoms with Crippen molar-refractivity contribution >= 4 is 124 Å². The highest BCUT2D eigenvalue weighted by Crippen LogP contribution is 2.23. The first kappa shape index (κ1) is 108. The molecule has 49 heteroatoms. The zero-order valence-electron chi connectivity index (χ0n) is 70.3. The average molecular weight is 1750 g/mol. The minimum absolute atomic E-state index is 0.00979. The third kappa shape index (κ3) is 39.0. The summed E-state index contributed by atoms with van der Waals surface area (Å²) in [5.74, 6) is -22.3. The number of primary amides is 2. The Bertz CT molecular complexity index is 3650. The Hall–Kier alpha value is -11.6. The van der Waals surface area contributed by atoms with Gasteiger partial charge in [0.1, 0.15) is 78.5 Å². The molecule has 0 aromatic rings. The first-order chi connectivity index (χ1) is 58.1. The number of carboxylic acids is 2. The maximum atomic E-state index is 14.4. The maximum Gasteiger partial charge on any atom is 0.326 e. The SMILES string of the molecule is CC[C@H](C)[C@H](NC(=O)CN)C(=O)N[C@@H](CCCCN)C(=O)NCC(=O)N[C@H](C(=O)N[C@@H](CCCCN)C(=O)NCC(=O)N[C@@H](CO)C(=O)N1CCC[C@H]1C(=O)NCC(=O)N[C@@H](CC(N)=O)C(=O)N[C@H](C(=O)N[C@@H](CCCCN)C(=O)N[C@@H](CC(=O)O)C(=O)N[C@@H](CCC(N)=O)C(=O)N1CCC[C@H]1C(=O)N[C@@H](CCCN=C(N)N)C(=O)O)[C@@H](C)CC)[C@@H](C)O. The molecule has 0 unspecified atom stereocenters. The molecule has 2 heterocycles. The molecule has 0 spiro atoms. The molecule has 0 radical (unpaired) electrons. The van der Waals surface area contributed by atoms with Gasteiger partial charge < -0.3 is 151 Å². The van der Waals surface area contributed by atoms with E-state index >= 15 is 0 Å². The topological polar surface area (TPSA) is 818 Å². The lowest BCUT2D eigenvalue weighted by Gasteiger charge is -2.30. The molecule has 18 amide bonds. The Morgan fingerprint density at radius 1 is 0.407 bits per heavy atom. The Morgan fingerprint density at radius 3 is 1.24 bits per heavy atom. The number of hydrogen-bond donors (Lipinski definition) is 26. The van der Waals surface area contributed by atoms with Crippen LogP contribution in [0.15, 0.2) is 4.99 Å². The fourth-order valence-electron chi connectivity index (χ4n) is 13.0. The van der Waals surface area contributed by atoms with E-state index in [1.54, 1.807) is 20.8 Å². The molecule has 16 atom stereocenters. The molecule has 0 aliphatic carbocycles. The minimum Gasteiger partial charge on any atom is -0.481 e. The van der Waals surface area contributed by atoms with Gasteiger partial charge in [-0.15, -0.1) is 0 Å². The van der Waals surface area contributed by atoms with Crippen LogP contribution in [0.25, 0.3) is 0 Å². The van der Waals surface area contributed by atoms with Crippen LogP contribution in [0.2, 0.25) is 0 Å². The minimum atomic E-state index is -2.02. The number of carbonyl (C=O) groups excluding carboxylic acids is 18. The zero-order valence-corrected chi connectivity index (χ0v) is 70.3. The van der Waals surface area contributed by atoms with Crippen molar-refractivity contribution in [3.05, 3.63) is 0 Å². The van der Waals surface area contributed by atoms with Crippen LogP contribution < -0.4 is 120 Å². The molecule has 34 N–H and O–H groups in total. The second kappa shape index (κ2) is 56.9. The van der Waals surface area contributed by atoms with Crippen LogP contribution in [-0.2, 0) is 95.9 Å². The van der Waals surface area contributed by atoms with E-state index in [0.717, 1.165) is 16.7 Å². The first-order valence-corrected chi connectivity index (χ1v) is 41.0. The highest BCUT2D eigenvalue weighted by atomic mass is 16.4. The largest absolute Gasteiger partial charge is 0.481 e. The smallest absolute Gasteiger partial charge is 0.326 e. The number of aliphatic imine (C=N–C) groups is 1. The lowest BCUT2D eigenvalue weighted by molar-refractivity contribution is -0.145. The summed E-state index contributed by atoms with van der Waals surface area (Å²) in [5, 5.41) is 74.3. The molecule has 2 aliphatic heterocycles. The Kier molecular flexibility index (Phi) is 49.7. The number of nitrogens with two attached hydrogens (primary N) is 8. The number of aliphatic hydroxyl groups is 2. The monoisotopic (exact) mass is 1750 g/mol. The number of unbranched alkanes of at least 4 members (excludes halogenated alkanes) is 3. The third-order valence-electron chi connectivity index (χ3n) is 20.3. The quantitative estimate of drug-likeness (QED) is 0.0153. The van der Waals surface area contributed by atoms with Gasteiger partial charge in [-0.25, -0.2) is 4.79 Å². The summed E-state index contributed by atoms with van der Waals surface area (Å²) in [6.45, 7) is 4.15. The maximum absolute atomic E-state index is 14.4. The van der Waals surface area contributed by atoms with Crippen molar-refractivity contribution < 1.29 is 116 Å². The second-order valence-corrected chi connectivity index (χ2v) is 30.0. The van der Waals surface area contributed by atoms with E-state index in [1.165, 1.54) is 6.92 Å². The fourth-order valence-corrected chi connectivity index (χ4v) is 13.0. The predicted octanol–water partition coefficient (Wildman–Crippen LogP) is -11.8. The number of nitrogens with one attached hydrogen (secondary N) is 14. The van der Waals surface area contributed by atoms with Crippen molar-refractivity contribution in [3.63, 3.8) is 0 Å². The standard InChI is InChI=1S/C74H129N25O24/c1-6-38(3)58(95-53(104)33-78)68(117)89-41(17-8-11-25-75)61(110)85-36-56(107)96-60(40(5)101)70(119)90-42(18-9-12-26-76)62(111)84-34-55(106)88-48(37-100)72(121)98-29-15-21-49(98)66(115)86-35-54(105)87-46(31-52(80)103)65(114)97-59(39(4)7-2)69(118)91-43(19-10-13-27-77)63(112)94-47(32-57(108)109)64(113)92-44(23-24-51(79)102)71(120)99-30-16-22-50(99)67(116)93-45(73(122)123)20-14-28-83-74(81)82/h38-50,58-60,100-101H,6-37,75-78H2,1-5H3,(H2,79,102)(H2,80,103)(H,84,111)(H,85,110)(H,86,115)(H,87,105)(H,88,106)(H,89,117)(H,90,119)(H,91,118)(H,92,113)(H,93,116)(H,94,112)(H,95,104)(H,96,107)(H,97,114)(H,108,109)(H,122,123)(H4,81,82,83)/t38-,39-,40+,41-,42-,43-,44-,45-,46-,47-,48-,49-,50-,58-,59-,60-/m0/s1. The lowest BCUT2D eigenvalue weighted by atomic mass is 9.96. The number of amides is 18. The van der Waals surface area contributed by atoms with E-state index < -0.39 is 267 Å². The van der Waals surface area contributed by atoms with Crippen LogP contribution in [0.1, 0.15) is 169 Å². The Morgan fingerprint density at radius 2 is 0.805 bits per heavy atom. The van der Waals surface area contributed by atoms with Crippen LogP contribution in [0.3, 0.4) is 0 Å². The van der Waals surface area contributed by atoms with Gasteiger partial charge in [0.05, 0.1) is 51.7 Å². The number of aliphatic carboxylic acids is 2. The summed E-state index contributed by atoms with van der Waals surface area (Å²) in [7, 11) is 0. The van der Waals surface area contributed by atoms with Gasteiger partial charge in [0, 0.05) is 26.1 Å². The molecule has 2 rings (SSSR count). The van der Waals surface area contributed by atoms with Crippen LogP contribution >= 0.6 is 0 Å². The Labute approximate surface area is 711 Å². The molecule has 0 bridgehead atoms. The zero-order chi connectivity index (χ0) is 92.8. The van der Waals surface area contributed by atoms with Gasteiger partial charge in [0.25, 0.3) is 0 Å². The summed E-state index contributed by atoms with van der Waals surface area (Å²) in [5.41, 5.74) is 44.1. The number of carbonyl (C=O) groups is 20. The van der Waals surface area contributed by atoms with E-state index in [2.05, 4.69) is 79.4 Å². The molecule has 2 saturated heterocycles. The number of nitrogens with zero attached hydrogens (tertiary/aromatic N) is 3. The van der Waals surface area contributed by atoms with Gasteiger partial charge in [-0.05, 0) is 141 Å². The van der Waals surface area contributed by atoms with Crippen molar-refractivity contribution in [2.24, 2.45) is 62.7 Å². The van der Waals surface area contributed by atoms with Gasteiger partial charge in [-0.2, -0.15) is 0 Å². The summed E-state index contributed by atoms with van der Waals surface area (Å²) >= 11 is 0. The van der Waals surface area contributed by atoms with Crippen LogP contribution in [0, 0.1) is 11.8 Å². The summed E-state index contributed by atoms with van der Waals surface area (Å²) < 4.78 is 0.